The van der Waals surface area contributed by atoms with Crippen molar-refractivity contribution in [3.63, 3.8) is 0 Å². The number of unbranched alkanes of at least 4 members (excludes halogenated alkanes) is 1. The molecule has 0 saturated carbocycles. The van der Waals surface area contributed by atoms with E-state index in [1.165, 1.54) is 21.6 Å². The second-order valence-electron chi connectivity index (χ2n) is 25.0. The Kier molecular flexibility index (Phi) is 34.2. The van der Waals surface area contributed by atoms with E-state index in [9.17, 15) is 57.5 Å². The van der Waals surface area contributed by atoms with Gasteiger partial charge in [0.05, 0.1) is 12.6 Å². The van der Waals surface area contributed by atoms with Gasteiger partial charge in [-0.15, -0.1) is 0 Å². The first-order chi connectivity index (χ1) is 46.1. The molecule has 0 unspecified atom stereocenters. The van der Waals surface area contributed by atoms with Gasteiger partial charge in [-0.05, 0) is 119 Å². The van der Waals surface area contributed by atoms with E-state index in [1.54, 1.807) is 74.5 Å². The maximum atomic E-state index is 15.0. The number of benzene rings is 2. The van der Waals surface area contributed by atoms with Crippen LogP contribution in [-0.2, 0) is 62.3 Å². The topological polar surface area (TPSA) is 519 Å². The van der Waals surface area contributed by atoms with Gasteiger partial charge in [0, 0.05) is 44.3 Å². The normalized spacial score (nSPS) is 17.4. The Labute approximate surface area is 570 Å². The van der Waals surface area contributed by atoms with Crippen molar-refractivity contribution in [2.75, 3.05) is 44.7 Å². The standard InChI is InChI=1S/C65H102N18O13S/c1-37(2)35-47(58(90)76-43(55(70)87)29-34-97-5)75-52(86)36-74-61(93)53(38(3)40-17-8-6-9-18-40)81-62(94)54(39(4)41-19-10-7-11-20-41)80-57(89)45(26-28-51(69)85)77-56(88)44(25-27-50(68)84)78-59(91)49-24-16-33-83(49)64(96)46(22-12-13-30-66)79-60(92)48-23-15-32-82(48)63(95)42(67)21-14-31-73-65(71)72/h6-11,17-20,37-39,42-49,53-54H,12-16,21-36,66-67H2,1-5H3,(H2,68,84)(H2,69,85)(H2,70,87)(H,74,93)(H,75,86)(H,76,90)(H,77,88)(H,78,91)(H,79,92)(H,80,89)(H,81,94)(H4,71,72,73)/t38-,39-,42+,43+,44+,45+,46+,47+,48+,49+,53+,54+/m1/s1. The number of hydrogen-bond donors (Lipinski definition) is 15. The number of primary amides is 3. The van der Waals surface area contributed by atoms with Crippen LogP contribution in [-0.4, -0.2) is 198 Å². The predicted molar refractivity (Wildman–Crippen MR) is 365 cm³/mol. The van der Waals surface area contributed by atoms with Crippen LogP contribution in [0.2, 0.25) is 0 Å². The SMILES string of the molecule is CSCC[C@H](NC(=O)[C@H](CC(C)C)NC(=O)CNC(=O)[C@@H](NC(=O)[C@@H](NC(=O)[C@H](CCC(N)=O)NC(=O)[C@H](CCC(N)=O)NC(=O)[C@@H]1CCCN1C(=O)[C@H](CCCCN)NC(=O)[C@@H]1CCCN1C(=O)[C@@H](N)CCCN=C(N)N)[C@H](C)c1ccccc1)[C@H](C)c1ccccc1)C(N)=O. The lowest BCUT2D eigenvalue weighted by Crippen LogP contribution is -2.61. The van der Waals surface area contributed by atoms with Crippen molar-refractivity contribution >= 4 is 94.5 Å². The molecule has 0 radical (unpaired) electrons. The lowest BCUT2D eigenvalue weighted by Gasteiger charge is -2.32. The monoisotopic (exact) mass is 1370 g/mol. The van der Waals surface area contributed by atoms with Crippen LogP contribution in [0, 0.1) is 5.92 Å². The first-order valence-corrected chi connectivity index (χ1v) is 34.4. The molecule has 12 atom stereocenters. The second-order valence-corrected chi connectivity index (χ2v) is 26.0. The molecule has 536 valence electrons. The zero-order chi connectivity index (χ0) is 71.9. The zero-order valence-electron chi connectivity index (χ0n) is 56.2. The minimum atomic E-state index is -1.66. The molecule has 2 heterocycles. The summed E-state index contributed by atoms with van der Waals surface area (Å²) in [5.74, 6) is -11.5. The van der Waals surface area contributed by atoms with Crippen molar-refractivity contribution in [3.05, 3.63) is 71.8 Å². The molecule has 2 aliphatic heterocycles. The number of nitrogens with zero attached hydrogens (tertiary/aromatic N) is 3. The maximum absolute atomic E-state index is 15.0. The third-order valence-electron chi connectivity index (χ3n) is 17.0. The minimum absolute atomic E-state index is 0.0710. The van der Waals surface area contributed by atoms with Crippen LogP contribution >= 0.6 is 11.8 Å². The fourth-order valence-electron chi connectivity index (χ4n) is 11.6. The molecule has 4 rings (SSSR count). The number of nitrogens with one attached hydrogen (secondary N) is 8. The molecule has 31 nitrogen and oxygen atoms in total. The molecule has 97 heavy (non-hydrogen) atoms. The Bertz CT molecular complexity index is 3030. The van der Waals surface area contributed by atoms with Gasteiger partial charge in [-0.2, -0.15) is 11.8 Å². The molecule has 32 heteroatoms. The number of thioether (sulfide) groups is 1. The van der Waals surface area contributed by atoms with E-state index in [-0.39, 0.29) is 70.2 Å². The van der Waals surface area contributed by atoms with Crippen LogP contribution in [0.15, 0.2) is 65.7 Å². The van der Waals surface area contributed by atoms with E-state index >= 15 is 4.79 Å². The molecule has 0 bridgehead atoms. The molecule has 2 fully saturated rings. The second kappa shape index (κ2) is 41.3. The smallest absolute Gasteiger partial charge is 0.245 e. The average Bonchev–Trinajstić information content (AvgIpc) is 1.82. The van der Waals surface area contributed by atoms with E-state index in [0.717, 1.165) is 0 Å². The summed E-state index contributed by atoms with van der Waals surface area (Å²) in [6.07, 6.45) is 3.38. The average molecular weight is 1380 g/mol. The fourth-order valence-corrected chi connectivity index (χ4v) is 12.1. The number of hydrogen-bond acceptors (Lipinski definition) is 17. The summed E-state index contributed by atoms with van der Waals surface area (Å²) in [6, 6.07) is 4.52. The van der Waals surface area contributed by atoms with Gasteiger partial charge in [0.2, 0.25) is 76.8 Å². The molecular weight excluding hydrogens is 1270 g/mol. The van der Waals surface area contributed by atoms with Crippen LogP contribution in [0.25, 0.3) is 0 Å². The predicted octanol–water partition coefficient (Wildman–Crippen LogP) is -2.59. The van der Waals surface area contributed by atoms with Gasteiger partial charge >= 0.3 is 0 Å². The zero-order valence-corrected chi connectivity index (χ0v) is 57.0. The lowest BCUT2D eigenvalue weighted by molar-refractivity contribution is -0.144. The molecule has 2 aliphatic rings. The van der Waals surface area contributed by atoms with Gasteiger partial charge in [-0.3, -0.25) is 67.3 Å². The third-order valence-corrected chi connectivity index (χ3v) is 17.7. The Hall–Kier alpha value is -8.91. The molecule has 2 aromatic carbocycles. The van der Waals surface area contributed by atoms with Crippen molar-refractivity contribution in [3.8, 4) is 0 Å². The maximum Gasteiger partial charge on any atom is 0.245 e. The summed E-state index contributed by atoms with van der Waals surface area (Å²) < 4.78 is 0. The van der Waals surface area contributed by atoms with Crippen LogP contribution in [0.4, 0.5) is 0 Å². The molecule has 22 N–H and O–H groups in total. The van der Waals surface area contributed by atoms with Crippen LogP contribution in [0.5, 0.6) is 0 Å². The number of carbonyl (C=O) groups excluding carboxylic acids is 13. The van der Waals surface area contributed by atoms with Crippen molar-refractivity contribution in [2.24, 2.45) is 51.0 Å². The Balaban J connectivity index is 1.60. The van der Waals surface area contributed by atoms with Gasteiger partial charge < -0.3 is 92.5 Å². The van der Waals surface area contributed by atoms with Crippen molar-refractivity contribution in [2.45, 2.75) is 196 Å². The van der Waals surface area contributed by atoms with Gasteiger partial charge in [0.15, 0.2) is 5.96 Å². The van der Waals surface area contributed by atoms with Gasteiger partial charge in [0.25, 0.3) is 0 Å². The first kappa shape index (κ1) is 80.5. The van der Waals surface area contributed by atoms with Crippen LogP contribution in [0.1, 0.15) is 147 Å². The van der Waals surface area contributed by atoms with Crippen molar-refractivity contribution in [1.82, 2.24) is 52.3 Å². The number of aliphatic imine (C=N–C) groups is 1. The number of carbonyl (C=O) groups is 13. The quantitative estimate of drug-likeness (QED) is 0.0184. The Morgan fingerprint density at radius 2 is 1.02 bits per heavy atom. The third kappa shape index (κ3) is 26.6. The van der Waals surface area contributed by atoms with Crippen molar-refractivity contribution in [1.29, 1.82) is 0 Å². The molecule has 13 amide bonds. The number of likely N-dealkylation sites (tertiary alicyclic amines) is 2. The van der Waals surface area contributed by atoms with Crippen LogP contribution in [0.3, 0.4) is 0 Å². The highest BCUT2D eigenvalue weighted by atomic mass is 32.2. The summed E-state index contributed by atoms with van der Waals surface area (Å²) in [4.78, 5) is 186. The Morgan fingerprint density at radius 3 is 1.53 bits per heavy atom. The molecule has 0 aliphatic carbocycles. The number of guanidine groups is 1. The molecule has 2 aromatic rings. The highest BCUT2D eigenvalue weighted by Crippen LogP contribution is 2.26. The molecule has 2 saturated heterocycles. The summed E-state index contributed by atoms with van der Waals surface area (Å²) in [6.45, 7) is 7.14. The number of nitrogens with two attached hydrogens (primary N) is 7. The minimum Gasteiger partial charge on any atom is -0.370 e. The van der Waals surface area contributed by atoms with E-state index in [2.05, 4.69) is 47.5 Å². The summed E-state index contributed by atoms with van der Waals surface area (Å²) in [5, 5.41) is 21.4. The Morgan fingerprint density at radius 1 is 0.536 bits per heavy atom. The summed E-state index contributed by atoms with van der Waals surface area (Å²) in [5.41, 5.74) is 40.7. The van der Waals surface area contributed by atoms with E-state index in [0.29, 0.717) is 55.4 Å². The van der Waals surface area contributed by atoms with Gasteiger partial charge in [0.1, 0.15) is 54.4 Å². The van der Waals surface area contributed by atoms with E-state index in [1.807, 2.05) is 20.1 Å². The van der Waals surface area contributed by atoms with Crippen LogP contribution < -0.4 is 82.7 Å². The van der Waals surface area contributed by atoms with E-state index < -0.39 is 181 Å². The molecule has 0 spiro atoms. The highest BCUT2D eigenvalue weighted by molar-refractivity contribution is 7.98. The van der Waals surface area contributed by atoms with Gasteiger partial charge in [-0.25, -0.2) is 0 Å². The lowest BCUT2D eigenvalue weighted by atomic mass is 9.89. The largest absolute Gasteiger partial charge is 0.370 e. The molecular formula is C65H102N18O13S. The van der Waals surface area contributed by atoms with Crippen molar-refractivity contribution < 1.29 is 62.3 Å². The van der Waals surface area contributed by atoms with E-state index in [4.69, 9.17) is 40.1 Å². The first-order valence-electron chi connectivity index (χ1n) is 33.0. The van der Waals surface area contributed by atoms with Gasteiger partial charge in [-0.1, -0.05) is 88.4 Å². The highest BCUT2D eigenvalue weighted by Gasteiger charge is 2.43. The fraction of sp³-hybridized carbons (Fsp3) is 0.600. The molecule has 0 aromatic heterocycles. The number of rotatable bonds is 42. The number of amides is 13. The summed E-state index contributed by atoms with van der Waals surface area (Å²) >= 11 is 1.45. The summed E-state index contributed by atoms with van der Waals surface area (Å²) in [7, 11) is 0.